The van der Waals surface area contributed by atoms with Crippen molar-refractivity contribution in [3.05, 3.63) is 251 Å². The van der Waals surface area contributed by atoms with E-state index in [2.05, 4.69) is 53.8 Å². The number of unbranched alkanes of at least 4 members (excludes halogenated alkanes) is 2. The highest BCUT2D eigenvalue weighted by Crippen LogP contribution is 2.46. The highest BCUT2D eigenvalue weighted by Gasteiger charge is 2.40. The fourth-order valence-corrected chi connectivity index (χ4v) is 10.7. The molecule has 0 radical (unpaired) electrons. The number of hydrogen-bond donors (Lipinski definition) is 1. The third-order valence-electron chi connectivity index (χ3n) is 14.7. The Bertz CT molecular complexity index is 2880. The van der Waals surface area contributed by atoms with Crippen LogP contribution in [0.25, 0.3) is 11.1 Å². The van der Waals surface area contributed by atoms with Gasteiger partial charge in [0.15, 0.2) is 0 Å². The van der Waals surface area contributed by atoms with Crippen LogP contribution >= 0.6 is 0 Å². The first-order chi connectivity index (χ1) is 38.3. The van der Waals surface area contributed by atoms with Crippen molar-refractivity contribution >= 4 is 12.0 Å². The maximum Gasteiger partial charge on any atom is 0.407 e. The smallest absolute Gasteiger partial charge is 0.407 e. The monoisotopic (exact) mass is 1040 g/mol. The average molecular weight is 1050 g/mol. The summed E-state index contributed by atoms with van der Waals surface area (Å²) in [5, 5.41) is 2.94. The molecule has 0 spiro atoms. The summed E-state index contributed by atoms with van der Waals surface area (Å²) in [6.45, 7) is 1.53. The summed E-state index contributed by atoms with van der Waals surface area (Å²) in [5.74, 6) is 2.82. The number of rotatable bonds is 26. The second-order valence-corrected chi connectivity index (χ2v) is 19.1. The molecule has 11 heteroatoms. The highest BCUT2D eigenvalue weighted by atomic mass is 16.5. The Hall–Kier alpha value is -8.38. The zero-order valence-electron chi connectivity index (χ0n) is 44.9. The van der Waals surface area contributed by atoms with Crippen LogP contribution in [0.4, 0.5) is 4.79 Å². The summed E-state index contributed by atoms with van der Waals surface area (Å²) in [6, 6.07) is 68.5. The van der Waals surface area contributed by atoms with Gasteiger partial charge in [-0.1, -0.05) is 164 Å². The summed E-state index contributed by atoms with van der Waals surface area (Å²) < 4.78 is 42.7. The molecule has 1 N–H and O–H groups in total. The number of nitrogens with zero attached hydrogens (tertiary/aromatic N) is 1. The van der Waals surface area contributed by atoms with Crippen molar-refractivity contribution in [3.8, 4) is 34.1 Å². The number of ether oxygens (including phenoxy) is 7. The van der Waals surface area contributed by atoms with Crippen molar-refractivity contribution in [1.29, 1.82) is 0 Å². The lowest BCUT2D eigenvalue weighted by Crippen LogP contribution is -2.41. The quantitative estimate of drug-likeness (QED) is 0.0418. The van der Waals surface area contributed by atoms with Crippen molar-refractivity contribution in [2.45, 2.75) is 42.8 Å². The number of nitrogens with one attached hydrogen (secondary N) is 1. The van der Waals surface area contributed by atoms with Crippen LogP contribution < -0.4 is 24.3 Å². The van der Waals surface area contributed by atoms with Gasteiger partial charge < -0.3 is 43.4 Å². The number of fused-ring (bicyclic) bond motifs is 3. The van der Waals surface area contributed by atoms with Gasteiger partial charge in [0.2, 0.25) is 5.91 Å². The van der Waals surface area contributed by atoms with Gasteiger partial charge in [0.1, 0.15) is 40.8 Å². The van der Waals surface area contributed by atoms with E-state index in [1.807, 2.05) is 163 Å². The summed E-state index contributed by atoms with van der Waals surface area (Å²) >= 11 is 0. The van der Waals surface area contributed by atoms with E-state index in [1.165, 1.54) is 22.3 Å². The van der Waals surface area contributed by atoms with Gasteiger partial charge in [-0.2, -0.15) is 0 Å². The predicted octanol–water partition coefficient (Wildman–Crippen LogP) is 13.0. The first kappa shape index (κ1) is 54.4. The molecule has 0 saturated heterocycles. The summed E-state index contributed by atoms with van der Waals surface area (Å²) in [5.41, 5.74) is 7.90. The first-order valence-corrected chi connectivity index (χ1v) is 26.6. The number of benzene rings is 8. The van der Waals surface area contributed by atoms with Crippen LogP contribution in [0.5, 0.6) is 23.0 Å². The zero-order valence-corrected chi connectivity index (χ0v) is 44.9. The maximum absolute atomic E-state index is 14.8. The Labute approximate surface area is 458 Å². The van der Waals surface area contributed by atoms with Crippen molar-refractivity contribution in [1.82, 2.24) is 10.2 Å². The molecule has 8 aromatic carbocycles. The lowest BCUT2D eigenvalue weighted by Gasteiger charge is -2.38. The van der Waals surface area contributed by atoms with Gasteiger partial charge in [-0.3, -0.25) is 4.79 Å². The maximum atomic E-state index is 14.8. The molecular formula is C67H68N2O9. The van der Waals surface area contributed by atoms with Crippen LogP contribution in [0, 0.1) is 0 Å². The molecule has 0 saturated carbocycles. The van der Waals surface area contributed by atoms with Gasteiger partial charge in [-0.05, 0) is 117 Å². The van der Waals surface area contributed by atoms with Crippen LogP contribution in [-0.2, 0) is 30.2 Å². The minimum absolute atomic E-state index is 0.0211. The Balaban J connectivity index is 0.938. The molecule has 0 aliphatic heterocycles. The van der Waals surface area contributed by atoms with Crippen molar-refractivity contribution in [3.63, 3.8) is 0 Å². The van der Waals surface area contributed by atoms with Gasteiger partial charge in [0, 0.05) is 32.0 Å². The standard InChI is InChI=1S/C67H68N2O9/c1-72-55-35-27-51(28-36-55)66(49-18-8-5-9-19-49,52-29-37-56(73-2)38-30-52)77-46-44-69(64(70)26-12-7-17-43-68-65(71)76-48-63-61-24-15-13-22-59(61)60-23-14-16-25-62(60)63)45-47-78-67(50-20-10-6-11-21-50,53-31-39-57(74-3)40-32-53)54-33-41-58(75-4)42-34-54/h5-6,8-11,13-16,18-25,27-42,63H,7,12,17,26,43-48H2,1-4H3,(H,68,71). The lowest BCUT2D eigenvalue weighted by atomic mass is 9.80. The second-order valence-electron chi connectivity index (χ2n) is 19.1. The van der Waals surface area contributed by atoms with E-state index in [0.29, 0.717) is 25.8 Å². The number of alkyl carbamates (subject to hydrolysis) is 1. The summed E-state index contributed by atoms with van der Waals surface area (Å²) in [6.07, 6.45) is 1.84. The minimum atomic E-state index is -1.09. The molecule has 0 heterocycles. The molecular weight excluding hydrogens is 977 g/mol. The molecule has 0 fully saturated rings. The van der Waals surface area contributed by atoms with E-state index < -0.39 is 17.3 Å². The second kappa shape index (κ2) is 26.1. The van der Waals surface area contributed by atoms with Crippen LogP contribution in [0.3, 0.4) is 0 Å². The molecule has 0 aromatic heterocycles. The van der Waals surface area contributed by atoms with Crippen molar-refractivity contribution in [2.24, 2.45) is 0 Å². The van der Waals surface area contributed by atoms with Gasteiger partial charge in [0.25, 0.3) is 0 Å². The first-order valence-electron chi connectivity index (χ1n) is 26.6. The Morgan fingerprint density at radius 2 is 0.795 bits per heavy atom. The average Bonchev–Trinajstić information content (AvgIpc) is 3.97. The van der Waals surface area contributed by atoms with Gasteiger partial charge >= 0.3 is 6.09 Å². The molecule has 11 nitrogen and oxygen atoms in total. The van der Waals surface area contributed by atoms with E-state index in [0.717, 1.165) is 56.4 Å². The van der Waals surface area contributed by atoms with E-state index in [-0.39, 0.29) is 51.2 Å². The van der Waals surface area contributed by atoms with Crippen LogP contribution in [0.2, 0.25) is 0 Å². The molecule has 1 aliphatic rings. The van der Waals surface area contributed by atoms with Gasteiger partial charge in [-0.15, -0.1) is 0 Å². The SMILES string of the molecule is COc1ccc(C(OCCN(CCOC(c2ccccc2)(c2ccc(OC)cc2)c2ccc(OC)cc2)C(=O)CCCCCNC(=O)OCC2c3ccccc3-c3ccccc32)(c2ccccc2)c2ccc(OC)cc2)cc1. The number of hydrogen-bond acceptors (Lipinski definition) is 9. The Kier molecular flexibility index (Phi) is 18.2. The lowest BCUT2D eigenvalue weighted by molar-refractivity contribution is -0.134. The van der Waals surface area contributed by atoms with Crippen LogP contribution in [0.15, 0.2) is 206 Å². The van der Waals surface area contributed by atoms with E-state index in [4.69, 9.17) is 33.2 Å². The topological polar surface area (TPSA) is 114 Å². The molecule has 0 atom stereocenters. The molecule has 8 aromatic rings. The molecule has 1 aliphatic carbocycles. The van der Waals surface area contributed by atoms with Gasteiger partial charge in [-0.25, -0.2) is 4.79 Å². The number of methoxy groups -OCH3 is 4. The van der Waals surface area contributed by atoms with E-state index >= 15 is 0 Å². The van der Waals surface area contributed by atoms with E-state index in [9.17, 15) is 9.59 Å². The van der Waals surface area contributed by atoms with Crippen LogP contribution in [-0.4, -0.2) is 84.8 Å². The Morgan fingerprint density at radius 1 is 0.436 bits per heavy atom. The fourth-order valence-electron chi connectivity index (χ4n) is 10.7. The minimum Gasteiger partial charge on any atom is -0.497 e. The third kappa shape index (κ3) is 12.1. The predicted molar refractivity (Wildman–Crippen MR) is 305 cm³/mol. The third-order valence-corrected chi connectivity index (χ3v) is 14.7. The van der Waals surface area contributed by atoms with E-state index in [1.54, 1.807) is 28.4 Å². The highest BCUT2D eigenvalue weighted by molar-refractivity contribution is 5.79. The zero-order chi connectivity index (χ0) is 54.2. The summed E-state index contributed by atoms with van der Waals surface area (Å²) in [7, 11) is 6.60. The normalized spacial score (nSPS) is 12.0. The molecule has 0 unspecified atom stereocenters. The largest absolute Gasteiger partial charge is 0.497 e. The molecule has 400 valence electrons. The van der Waals surface area contributed by atoms with Crippen molar-refractivity contribution < 1.29 is 42.7 Å². The Morgan fingerprint density at radius 3 is 1.18 bits per heavy atom. The van der Waals surface area contributed by atoms with Crippen LogP contribution in [0.1, 0.15) is 76.1 Å². The molecule has 78 heavy (non-hydrogen) atoms. The number of carbonyl (C=O) groups excluding carboxylic acids is 2. The van der Waals surface area contributed by atoms with Crippen molar-refractivity contribution in [2.75, 3.05) is 67.9 Å². The van der Waals surface area contributed by atoms with Gasteiger partial charge in [0.05, 0.1) is 41.7 Å². The number of carbonyl (C=O) groups is 2. The fraction of sp³-hybridized carbons (Fsp3) is 0.254. The number of amides is 2. The summed E-state index contributed by atoms with van der Waals surface area (Å²) in [4.78, 5) is 29.6. The molecule has 9 rings (SSSR count). The molecule has 2 amide bonds. The molecule has 0 bridgehead atoms.